The summed E-state index contributed by atoms with van der Waals surface area (Å²) in [7, 11) is 0. The lowest BCUT2D eigenvalue weighted by Crippen LogP contribution is -2.32. The maximum Gasteiger partial charge on any atom is 0.257 e. The highest BCUT2D eigenvalue weighted by Gasteiger charge is 2.21. The maximum atomic E-state index is 14.0. The number of halogens is 2. The standard InChI is InChI=1S/C17H19ClFN3O/c1-3-6-16-12(9-20-11-21-16)17(23)22(4-2)10-13-14(18)7-5-8-15(13)19/h5,7-9,11H,3-4,6,10H2,1-2H3. The fourth-order valence-electron chi connectivity index (χ4n) is 2.34. The fraction of sp³-hybridized carbons (Fsp3) is 0.353. The molecule has 0 unspecified atom stereocenters. The van der Waals surface area contributed by atoms with Crippen molar-refractivity contribution < 1.29 is 9.18 Å². The third kappa shape index (κ3) is 4.05. The van der Waals surface area contributed by atoms with Crippen LogP contribution >= 0.6 is 11.6 Å². The van der Waals surface area contributed by atoms with Gasteiger partial charge in [-0.05, 0) is 25.5 Å². The first-order valence-electron chi connectivity index (χ1n) is 7.59. The summed E-state index contributed by atoms with van der Waals surface area (Å²) >= 11 is 6.06. The predicted octanol–water partition coefficient (Wildman–Crippen LogP) is 3.88. The topological polar surface area (TPSA) is 46.1 Å². The fourth-order valence-corrected chi connectivity index (χ4v) is 2.56. The molecule has 2 aromatic rings. The van der Waals surface area contributed by atoms with Gasteiger partial charge in [0.05, 0.1) is 17.8 Å². The Kier molecular flexibility index (Phi) is 6.04. The van der Waals surface area contributed by atoms with E-state index in [4.69, 9.17) is 11.6 Å². The van der Waals surface area contributed by atoms with Gasteiger partial charge < -0.3 is 4.90 Å². The second-order valence-electron chi connectivity index (χ2n) is 5.15. The molecule has 1 aromatic carbocycles. The molecule has 0 radical (unpaired) electrons. The molecular formula is C17H19ClFN3O. The summed E-state index contributed by atoms with van der Waals surface area (Å²) in [4.78, 5) is 22.5. The number of aromatic nitrogens is 2. The molecule has 0 saturated heterocycles. The number of carbonyl (C=O) groups excluding carboxylic acids is 1. The molecule has 0 aliphatic heterocycles. The van der Waals surface area contributed by atoms with E-state index in [9.17, 15) is 9.18 Å². The van der Waals surface area contributed by atoms with Crippen LogP contribution in [0.2, 0.25) is 5.02 Å². The summed E-state index contributed by atoms with van der Waals surface area (Å²) in [6.07, 6.45) is 4.53. The molecule has 0 bridgehead atoms. The zero-order chi connectivity index (χ0) is 16.8. The molecule has 0 saturated carbocycles. The van der Waals surface area contributed by atoms with Gasteiger partial charge in [0.15, 0.2) is 0 Å². The van der Waals surface area contributed by atoms with E-state index in [1.165, 1.54) is 18.6 Å². The summed E-state index contributed by atoms with van der Waals surface area (Å²) in [5, 5.41) is 0.314. The van der Waals surface area contributed by atoms with Crippen LogP contribution in [0.25, 0.3) is 0 Å². The highest BCUT2D eigenvalue weighted by Crippen LogP contribution is 2.22. The minimum absolute atomic E-state index is 0.112. The van der Waals surface area contributed by atoms with Gasteiger partial charge in [0.25, 0.3) is 5.91 Å². The summed E-state index contributed by atoms with van der Waals surface area (Å²) in [6, 6.07) is 4.50. The van der Waals surface area contributed by atoms with Gasteiger partial charge in [0.1, 0.15) is 12.1 Å². The zero-order valence-corrected chi connectivity index (χ0v) is 14.0. The predicted molar refractivity (Wildman–Crippen MR) is 87.9 cm³/mol. The number of rotatable bonds is 6. The lowest BCUT2D eigenvalue weighted by atomic mass is 10.1. The van der Waals surface area contributed by atoms with Gasteiger partial charge in [-0.15, -0.1) is 0 Å². The first kappa shape index (κ1) is 17.3. The molecule has 0 N–H and O–H groups in total. The van der Waals surface area contributed by atoms with Crippen LogP contribution in [0.1, 0.15) is 41.9 Å². The van der Waals surface area contributed by atoms with Crippen molar-refractivity contribution in [1.29, 1.82) is 0 Å². The Labute approximate surface area is 140 Å². The number of amides is 1. The molecule has 0 aliphatic carbocycles. The zero-order valence-electron chi connectivity index (χ0n) is 13.2. The largest absolute Gasteiger partial charge is 0.334 e. The molecule has 1 amide bonds. The average molecular weight is 336 g/mol. The van der Waals surface area contributed by atoms with Crippen LogP contribution in [0.3, 0.4) is 0 Å². The Hall–Kier alpha value is -2.01. The van der Waals surface area contributed by atoms with Crippen LogP contribution in [0.5, 0.6) is 0 Å². The number of nitrogens with zero attached hydrogens (tertiary/aromatic N) is 3. The first-order chi connectivity index (χ1) is 11.1. The molecule has 1 heterocycles. The SMILES string of the molecule is CCCc1ncncc1C(=O)N(CC)Cc1c(F)cccc1Cl. The van der Waals surface area contributed by atoms with E-state index in [1.807, 2.05) is 13.8 Å². The van der Waals surface area contributed by atoms with Crippen LogP contribution in [-0.4, -0.2) is 27.3 Å². The lowest BCUT2D eigenvalue weighted by molar-refractivity contribution is 0.0749. The van der Waals surface area contributed by atoms with Crippen LogP contribution in [0.4, 0.5) is 4.39 Å². The quantitative estimate of drug-likeness (QED) is 0.804. The Balaban J connectivity index is 2.29. The second-order valence-corrected chi connectivity index (χ2v) is 5.56. The van der Waals surface area contributed by atoms with Gasteiger partial charge in [0.2, 0.25) is 0 Å². The number of hydrogen-bond donors (Lipinski definition) is 0. The van der Waals surface area contributed by atoms with Gasteiger partial charge in [-0.2, -0.15) is 0 Å². The minimum Gasteiger partial charge on any atom is -0.334 e. The van der Waals surface area contributed by atoms with Gasteiger partial charge in [0, 0.05) is 23.3 Å². The van der Waals surface area contributed by atoms with E-state index in [0.29, 0.717) is 34.8 Å². The Morgan fingerprint density at radius 2 is 2.13 bits per heavy atom. The van der Waals surface area contributed by atoms with Crippen molar-refractivity contribution in [3.05, 3.63) is 58.4 Å². The Morgan fingerprint density at radius 3 is 2.78 bits per heavy atom. The maximum absolute atomic E-state index is 14.0. The molecular weight excluding hydrogens is 317 g/mol. The normalized spacial score (nSPS) is 10.6. The van der Waals surface area contributed by atoms with Crippen molar-refractivity contribution in [1.82, 2.24) is 14.9 Å². The van der Waals surface area contributed by atoms with Crippen molar-refractivity contribution in [3.63, 3.8) is 0 Å². The molecule has 0 aliphatic rings. The number of benzene rings is 1. The van der Waals surface area contributed by atoms with E-state index >= 15 is 0 Å². The van der Waals surface area contributed by atoms with E-state index in [1.54, 1.807) is 17.0 Å². The number of aryl methyl sites for hydroxylation is 1. The lowest BCUT2D eigenvalue weighted by Gasteiger charge is -2.22. The summed E-state index contributed by atoms with van der Waals surface area (Å²) in [5.41, 5.74) is 1.49. The Bertz CT molecular complexity index is 673. The van der Waals surface area contributed by atoms with Crippen molar-refractivity contribution in [2.75, 3.05) is 6.54 Å². The van der Waals surface area contributed by atoms with E-state index in [0.717, 1.165) is 6.42 Å². The molecule has 23 heavy (non-hydrogen) atoms. The van der Waals surface area contributed by atoms with Gasteiger partial charge in [-0.3, -0.25) is 4.79 Å². The average Bonchev–Trinajstić information content (AvgIpc) is 2.55. The molecule has 0 spiro atoms. The molecule has 0 atom stereocenters. The van der Waals surface area contributed by atoms with Crippen LogP contribution in [0, 0.1) is 5.82 Å². The second kappa shape index (κ2) is 8.02. The van der Waals surface area contributed by atoms with Gasteiger partial charge in [-0.25, -0.2) is 14.4 Å². The van der Waals surface area contributed by atoms with E-state index in [-0.39, 0.29) is 12.5 Å². The molecule has 122 valence electrons. The number of carbonyl (C=O) groups is 1. The number of hydrogen-bond acceptors (Lipinski definition) is 3. The summed E-state index contributed by atoms with van der Waals surface area (Å²) < 4.78 is 14.0. The third-order valence-electron chi connectivity index (χ3n) is 3.59. The third-order valence-corrected chi connectivity index (χ3v) is 3.95. The molecule has 1 aromatic heterocycles. The van der Waals surface area contributed by atoms with Crippen molar-refractivity contribution >= 4 is 17.5 Å². The van der Waals surface area contributed by atoms with Crippen LogP contribution in [0.15, 0.2) is 30.7 Å². The molecule has 2 rings (SSSR count). The smallest absolute Gasteiger partial charge is 0.257 e. The van der Waals surface area contributed by atoms with Crippen molar-refractivity contribution in [2.45, 2.75) is 33.2 Å². The molecule has 0 fully saturated rings. The molecule has 4 nitrogen and oxygen atoms in total. The minimum atomic E-state index is -0.415. The highest BCUT2D eigenvalue weighted by molar-refractivity contribution is 6.31. The molecule has 6 heteroatoms. The monoisotopic (exact) mass is 335 g/mol. The van der Waals surface area contributed by atoms with Crippen molar-refractivity contribution in [3.8, 4) is 0 Å². The van der Waals surface area contributed by atoms with E-state index in [2.05, 4.69) is 9.97 Å². The van der Waals surface area contributed by atoms with Crippen LogP contribution < -0.4 is 0 Å². The first-order valence-corrected chi connectivity index (χ1v) is 7.97. The highest BCUT2D eigenvalue weighted by atomic mass is 35.5. The Morgan fingerprint density at radius 1 is 1.35 bits per heavy atom. The van der Waals surface area contributed by atoms with Gasteiger partial charge in [-0.1, -0.05) is 31.0 Å². The van der Waals surface area contributed by atoms with Gasteiger partial charge >= 0.3 is 0 Å². The van der Waals surface area contributed by atoms with E-state index < -0.39 is 5.82 Å². The summed E-state index contributed by atoms with van der Waals surface area (Å²) in [6.45, 7) is 4.41. The van der Waals surface area contributed by atoms with Crippen LogP contribution in [-0.2, 0) is 13.0 Å². The van der Waals surface area contributed by atoms with Crippen molar-refractivity contribution in [2.24, 2.45) is 0 Å². The summed E-state index contributed by atoms with van der Waals surface area (Å²) in [5.74, 6) is -0.627.